The van der Waals surface area contributed by atoms with Crippen LogP contribution >= 0.6 is 0 Å². The lowest BCUT2D eigenvalue weighted by molar-refractivity contribution is -0.317. The number of aliphatic hydroxyl groups is 9. The SMILES string of the molecule is C=CCOC(=O)[C@H]1C2C[C@@H](O[C@@H]3O[C@H](C)[C@@H](O)[C@H](N=[N+]=[N-])[C@H]3O)/C=C/C=C/C=C/C=C/C=C/C=C/C=C/[C@H](C)[C@@H](O)[C@@H](C)[C@H](C)OC(=O)C[C@H](O)C[C@H](O)CC[C@@H](O)[C@H](O)C[C@H](O)C[C@](OC)(C[C@@H]1O)O2. The smallest absolute Gasteiger partial charge is 0.314 e. The molecule has 0 aromatic carbocycles. The van der Waals surface area contributed by atoms with E-state index in [1.165, 1.54) is 20.1 Å². The van der Waals surface area contributed by atoms with E-state index in [9.17, 15) is 55.5 Å². The first kappa shape index (κ1) is 61.0. The molecule has 0 aliphatic carbocycles. The van der Waals surface area contributed by atoms with Crippen molar-refractivity contribution >= 4 is 11.9 Å². The lowest BCUT2D eigenvalue weighted by Gasteiger charge is -2.47. The maximum atomic E-state index is 13.6. The molecule has 71 heavy (non-hydrogen) atoms. The number of allylic oxidation sites excluding steroid dienone is 12. The van der Waals surface area contributed by atoms with Crippen molar-refractivity contribution in [2.24, 2.45) is 22.9 Å². The normalized spacial score (nSPS) is 42.4. The molecule has 398 valence electrons. The summed E-state index contributed by atoms with van der Waals surface area (Å²) in [7, 11) is 1.26. The van der Waals surface area contributed by atoms with E-state index in [0.29, 0.717) is 0 Å². The fourth-order valence-corrected chi connectivity index (χ4v) is 8.52. The van der Waals surface area contributed by atoms with Gasteiger partial charge in [0.2, 0.25) is 0 Å². The molecule has 0 aromatic heterocycles. The van der Waals surface area contributed by atoms with Crippen LogP contribution in [0.3, 0.4) is 0 Å². The summed E-state index contributed by atoms with van der Waals surface area (Å²) in [5.74, 6) is -5.46. The second kappa shape index (κ2) is 31.3. The number of methoxy groups -OCH3 is 1. The number of esters is 2. The summed E-state index contributed by atoms with van der Waals surface area (Å²) in [6.45, 7) is 10.1. The van der Waals surface area contributed by atoms with Gasteiger partial charge in [-0.25, -0.2) is 0 Å². The number of nitrogens with zero attached hydrogens (tertiary/aromatic N) is 3. The molecule has 2 saturated heterocycles. The Morgan fingerprint density at radius 3 is 1.96 bits per heavy atom. The molecule has 0 saturated carbocycles. The molecule has 0 aromatic rings. The van der Waals surface area contributed by atoms with Crippen LogP contribution in [-0.4, -0.2) is 169 Å². The number of aliphatic hydroxyl groups excluding tert-OH is 9. The van der Waals surface area contributed by atoms with Crippen LogP contribution in [0.15, 0.2) is 103 Å². The van der Waals surface area contributed by atoms with Crippen LogP contribution in [0.25, 0.3) is 10.4 Å². The van der Waals surface area contributed by atoms with Gasteiger partial charge in [0.25, 0.3) is 0 Å². The highest BCUT2D eigenvalue weighted by molar-refractivity contribution is 5.74. The Morgan fingerprint density at radius 1 is 0.761 bits per heavy atom. The largest absolute Gasteiger partial charge is 0.462 e. The predicted octanol–water partition coefficient (Wildman–Crippen LogP) is 3.36. The van der Waals surface area contributed by atoms with Gasteiger partial charge in [-0.15, -0.1) is 0 Å². The van der Waals surface area contributed by atoms with E-state index in [2.05, 4.69) is 16.6 Å². The number of hydrogen-bond donors (Lipinski definition) is 9. The number of cyclic esters (lactones) is 1. The van der Waals surface area contributed by atoms with Gasteiger partial charge in [-0.05, 0) is 38.6 Å². The summed E-state index contributed by atoms with van der Waals surface area (Å²) >= 11 is 0. The predicted molar refractivity (Wildman–Crippen MR) is 260 cm³/mol. The first-order chi connectivity index (χ1) is 33.8. The van der Waals surface area contributed by atoms with Gasteiger partial charge in [0.1, 0.15) is 24.7 Å². The summed E-state index contributed by atoms with van der Waals surface area (Å²) in [6, 6.07) is -1.35. The number of ether oxygens (including phenoxy) is 6. The molecule has 3 rings (SSSR count). The zero-order valence-electron chi connectivity index (χ0n) is 41.3. The number of carbonyl (C=O) groups is 2. The first-order valence-electron chi connectivity index (χ1n) is 24.1. The van der Waals surface area contributed by atoms with Gasteiger partial charge in [0, 0.05) is 49.5 Å². The highest BCUT2D eigenvalue weighted by atomic mass is 16.7. The van der Waals surface area contributed by atoms with Crippen LogP contribution in [0, 0.1) is 17.8 Å². The molecule has 3 aliphatic rings. The van der Waals surface area contributed by atoms with Gasteiger partial charge in [0.15, 0.2) is 12.1 Å². The van der Waals surface area contributed by atoms with Crippen molar-refractivity contribution in [3.63, 3.8) is 0 Å². The number of rotatable bonds is 7. The second-order valence-corrected chi connectivity index (χ2v) is 18.4. The van der Waals surface area contributed by atoms with Crippen molar-refractivity contribution in [3.05, 3.63) is 108 Å². The molecule has 20 nitrogen and oxygen atoms in total. The van der Waals surface area contributed by atoms with Crippen LogP contribution in [0.4, 0.5) is 0 Å². The molecule has 0 radical (unpaired) electrons. The third kappa shape index (κ3) is 20.2. The Hall–Kier alpha value is -4.35. The monoisotopic (exact) mass is 1000 g/mol. The van der Waals surface area contributed by atoms with Gasteiger partial charge in [-0.1, -0.05) is 117 Å². The molecule has 3 aliphatic heterocycles. The Morgan fingerprint density at radius 2 is 1.37 bits per heavy atom. The van der Waals surface area contributed by atoms with E-state index in [-0.39, 0.29) is 51.0 Å². The molecule has 2 fully saturated rings. The van der Waals surface area contributed by atoms with Crippen LogP contribution in [0.5, 0.6) is 0 Å². The number of carbonyl (C=O) groups excluding carboxylic acids is 2. The van der Waals surface area contributed by atoms with Crippen molar-refractivity contribution in [2.45, 2.75) is 177 Å². The minimum Gasteiger partial charge on any atom is -0.462 e. The van der Waals surface area contributed by atoms with Crippen molar-refractivity contribution in [2.75, 3.05) is 13.7 Å². The maximum Gasteiger partial charge on any atom is 0.314 e. The second-order valence-electron chi connectivity index (χ2n) is 18.4. The Labute approximate surface area is 416 Å². The molecule has 3 heterocycles. The molecular weight excluding hydrogens is 927 g/mol. The molecule has 9 N–H and O–H groups in total. The van der Waals surface area contributed by atoms with Crippen molar-refractivity contribution < 1.29 is 84.0 Å². The summed E-state index contributed by atoms with van der Waals surface area (Å²) < 4.78 is 35.2. The minimum absolute atomic E-state index is 0.0882. The summed E-state index contributed by atoms with van der Waals surface area (Å²) in [4.78, 5) is 29.0. The Kier molecular flexibility index (Phi) is 26.9. The average Bonchev–Trinajstić information content (AvgIpc) is 3.31. The summed E-state index contributed by atoms with van der Waals surface area (Å²) in [6.07, 6.45) is 5.89. The molecule has 1 unspecified atom stereocenters. The average molecular weight is 1000 g/mol. The zero-order chi connectivity index (χ0) is 52.7. The fourth-order valence-electron chi connectivity index (χ4n) is 8.52. The topological polar surface area (TPSA) is 320 Å². The van der Waals surface area contributed by atoms with Crippen LogP contribution in [0.2, 0.25) is 0 Å². The number of azide groups is 1. The number of fused-ring (bicyclic) bond motifs is 2. The molecule has 0 spiro atoms. The van der Waals surface area contributed by atoms with Gasteiger partial charge in [-0.2, -0.15) is 0 Å². The van der Waals surface area contributed by atoms with Gasteiger partial charge in [-0.3, -0.25) is 9.59 Å². The molecular formula is C51H77N3O17. The van der Waals surface area contributed by atoms with Crippen molar-refractivity contribution in [3.8, 4) is 0 Å². The third-order valence-corrected chi connectivity index (χ3v) is 12.8. The standard InChI is InChI=1S/C51H77N3O17/c1-7-24-67-49(65)44-41(60)30-51(66-6)29-37(57)26-40(59)39(58)23-22-35(55)25-36(56)27-43(61)68-33(4)32(3)46(62)31(2)20-18-16-14-12-10-8-9-11-13-15-17-19-21-38(28-42(44)71-51)70-50-48(64)45(53-54-52)47(63)34(5)69-50/h7-21,31-42,44-48,50,55-60,62-64H,1,22-30H2,2-6H3/b9-8+,12-10+,13-11+,16-14+,17-15+,20-18+,21-19+/t31-,32-,33-,34+,35+,36+,37-,38-,39+,40+,41-,42?,44+,45-,46+,47+,48+,50-,51+/m0/s1. The van der Waals surface area contributed by atoms with Gasteiger partial charge in [0.05, 0.1) is 79.6 Å². The lowest BCUT2D eigenvalue weighted by Crippen LogP contribution is -2.58. The summed E-state index contributed by atoms with van der Waals surface area (Å²) in [5.41, 5.74) is 9.17. The first-order valence-corrected chi connectivity index (χ1v) is 24.1. The van der Waals surface area contributed by atoms with E-state index in [1.807, 2.05) is 37.3 Å². The molecule has 0 amide bonds. The van der Waals surface area contributed by atoms with E-state index in [1.54, 1.807) is 68.5 Å². The maximum absolute atomic E-state index is 13.6. The third-order valence-electron chi connectivity index (χ3n) is 12.8. The lowest BCUT2D eigenvalue weighted by atomic mass is 9.82. The molecule has 19 atom stereocenters. The van der Waals surface area contributed by atoms with Crippen molar-refractivity contribution in [1.82, 2.24) is 0 Å². The van der Waals surface area contributed by atoms with Crippen LogP contribution in [-0.2, 0) is 38.0 Å². The minimum atomic E-state index is -1.79. The number of hydrogen-bond acceptors (Lipinski definition) is 18. The highest BCUT2D eigenvalue weighted by Gasteiger charge is 2.52. The van der Waals surface area contributed by atoms with Gasteiger partial charge >= 0.3 is 11.9 Å². The quantitative estimate of drug-likeness (QED) is 0.0581. The van der Waals surface area contributed by atoms with Crippen LogP contribution in [0.1, 0.15) is 79.1 Å². The van der Waals surface area contributed by atoms with E-state index >= 15 is 0 Å². The molecule has 2 bridgehead atoms. The van der Waals surface area contributed by atoms with Gasteiger partial charge < -0.3 is 74.4 Å². The highest BCUT2D eigenvalue weighted by Crippen LogP contribution is 2.40. The van der Waals surface area contributed by atoms with E-state index in [4.69, 9.17) is 34.0 Å². The summed E-state index contributed by atoms with van der Waals surface area (Å²) in [5, 5.41) is 102. The van der Waals surface area contributed by atoms with E-state index < -0.39 is 134 Å². The Balaban J connectivity index is 1.97. The van der Waals surface area contributed by atoms with Crippen molar-refractivity contribution in [1.29, 1.82) is 0 Å². The van der Waals surface area contributed by atoms with Crippen LogP contribution < -0.4 is 0 Å². The van der Waals surface area contributed by atoms with E-state index in [0.717, 1.165) is 0 Å². The molecule has 20 heteroatoms. The Bertz CT molecular complexity index is 1900. The fraction of sp³-hybridized carbons (Fsp3) is 0.647. The zero-order valence-corrected chi connectivity index (χ0v) is 41.3.